The monoisotopic (exact) mass is 668 g/mol. The van der Waals surface area contributed by atoms with Gasteiger partial charge in [0.1, 0.15) is 0 Å². The molecule has 1 amide bonds. The lowest BCUT2D eigenvalue weighted by Crippen LogP contribution is -2.68. The van der Waals surface area contributed by atoms with Crippen LogP contribution in [0.15, 0.2) is 42.5 Å². The van der Waals surface area contributed by atoms with Crippen molar-refractivity contribution in [1.82, 2.24) is 10.2 Å². The SMILES string of the molecule is C=C(C)[C@@H]1CC[C@]2(NC(=O)CN3C[C@@H]4CC[C@H]3C4)CC[C@]3(C)[C@H](CC[C@@H]4[C@@]5(C)CC=C(c6ccc(C(O)O)cc6)C(C)(C)[C@@H]5CC[C@]43C)[C@@H]12. The number of aliphatic hydroxyl groups is 2. The van der Waals surface area contributed by atoms with E-state index in [2.05, 4.69) is 76.5 Å². The van der Waals surface area contributed by atoms with E-state index in [1.807, 2.05) is 12.1 Å². The van der Waals surface area contributed by atoms with Gasteiger partial charge in [0.2, 0.25) is 5.91 Å². The Hall–Kier alpha value is -1.95. The van der Waals surface area contributed by atoms with E-state index in [4.69, 9.17) is 0 Å². The number of hydrogen-bond acceptors (Lipinski definition) is 4. The predicted octanol–water partition coefficient (Wildman–Crippen LogP) is 8.67. The first-order chi connectivity index (χ1) is 23.1. The number of rotatable bonds is 6. The highest BCUT2D eigenvalue weighted by molar-refractivity contribution is 5.79. The summed E-state index contributed by atoms with van der Waals surface area (Å²) >= 11 is 0. The Balaban J connectivity index is 1.08. The van der Waals surface area contributed by atoms with Crippen LogP contribution in [0.2, 0.25) is 0 Å². The van der Waals surface area contributed by atoms with Crippen molar-refractivity contribution in [3.8, 4) is 0 Å². The van der Waals surface area contributed by atoms with Crippen LogP contribution in [0.4, 0.5) is 0 Å². The zero-order valence-corrected chi connectivity index (χ0v) is 31.4. The largest absolute Gasteiger partial charge is 0.364 e. The molecule has 11 atom stereocenters. The number of carbonyl (C=O) groups excluding carboxylic acids is 1. The van der Waals surface area contributed by atoms with Gasteiger partial charge in [0, 0.05) is 23.7 Å². The van der Waals surface area contributed by atoms with Crippen LogP contribution in [0.25, 0.3) is 5.57 Å². The molecule has 1 saturated heterocycles. The number of aliphatic hydroxyl groups excluding tert-OH is 1. The number of nitrogens with zero attached hydrogens (tertiary/aromatic N) is 1. The molecule has 5 nitrogen and oxygen atoms in total. The molecule has 3 N–H and O–H groups in total. The Morgan fingerprint density at radius 2 is 1.67 bits per heavy atom. The van der Waals surface area contributed by atoms with E-state index in [0.717, 1.165) is 31.7 Å². The van der Waals surface area contributed by atoms with Crippen LogP contribution < -0.4 is 5.32 Å². The standard InChI is InChI=1S/C44H64N2O3/c1-27(2)32-16-21-44(45-37(47)26-46-25-28-8-13-31(46)24-28)23-22-42(6)34(38(32)44)14-15-36-41(5)19-17-33(29-9-11-30(12-10-29)39(48)49)40(3,4)35(41)18-20-43(36,42)7/h9-12,17,28,31-32,34-36,38-39,48-49H,1,8,13-16,18-26H2,2-7H3,(H,45,47)/t28-,31+,32+,34-,35+,36-,38-,41+,42-,43-,44+/m1/s1. The molecule has 0 unspecified atom stereocenters. The molecule has 2 bridgehead atoms. The zero-order chi connectivity index (χ0) is 34.7. The summed E-state index contributed by atoms with van der Waals surface area (Å²) in [5, 5.41) is 23.2. The fraction of sp³-hybridized carbons (Fsp3) is 0.750. The molecule has 1 aromatic carbocycles. The van der Waals surface area contributed by atoms with Gasteiger partial charge in [-0.3, -0.25) is 9.69 Å². The van der Waals surface area contributed by atoms with E-state index >= 15 is 0 Å². The number of amides is 1. The van der Waals surface area contributed by atoms with Gasteiger partial charge >= 0.3 is 0 Å². The Kier molecular flexibility index (Phi) is 8.03. The van der Waals surface area contributed by atoms with E-state index in [9.17, 15) is 15.0 Å². The van der Waals surface area contributed by atoms with Crippen molar-refractivity contribution in [2.75, 3.05) is 13.1 Å². The maximum Gasteiger partial charge on any atom is 0.234 e. The minimum atomic E-state index is -1.43. The molecule has 8 rings (SSSR count). The molecule has 0 aromatic heterocycles. The first-order valence-electron chi connectivity index (χ1n) is 20.0. The van der Waals surface area contributed by atoms with Gasteiger partial charge in [0.25, 0.3) is 0 Å². The van der Waals surface area contributed by atoms with Crippen molar-refractivity contribution in [2.45, 2.75) is 136 Å². The number of hydrogen-bond donors (Lipinski definition) is 3. The first kappa shape index (κ1) is 34.2. The summed E-state index contributed by atoms with van der Waals surface area (Å²) in [5.41, 5.74) is 5.20. The Labute approximate surface area is 296 Å². The second-order valence-electron chi connectivity index (χ2n) is 19.7. The Morgan fingerprint density at radius 1 is 0.918 bits per heavy atom. The van der Waals surface area contributed by atoms with Gasteiger partial charge < -0.3 is 15.5 Å². The van der Waals surface area contributed by atoms with Crippen LogP contribution in [-0.4, -0.2) is 45.7 Å². The summed E-state index contributed by atoms with van der Waals surface area (Å²) in [7, 11) is 0. The van der Waals surface area contributed by atoms with E-state index < -0.39 is 6.29 Å². The van der Waals surface area contributed by atoms with Crippen LogP contribution in [-0.2, 0) is 4.79 Å². The van der Waals surface area contributed by atoms with E-state index in [-0.39, 0.29) is 33.1 Å². The lowest BCUT2D eigenvalue weighted by atomic mass is 9.33. The number of benzene rings is 1. The topological polar surface area (TPSA) is 72.8 Å². The fourth-order valence-corrected chi connectivity index (χ4v) is 15.0. The van der Waals surface area contributed by atoms with Crippen LogP contribution in [0.1, 0.15) is 136 Å². The Bertz CT molecular complexity index is 1530. The summed E-state index contributed by atoms with van der Waals surface area (Å²) < 4.78 is 0. The van der Waals surface area contributed by atoms with E-state index in [0.29, 0.717) is 47.7 Å². The van der Waals surface area contributed by atoms with Crippen molar-refractivity contribution < 1.29 is 15.0 Å². The molecule has 6 aliphatic carbocycles. The van der Waals surface area contributed by atoms with Crippen LogP contribution in [0, 0.1) is 57.2 Å². The third kappa shape index (κ3) is 4.90. The molecule has 0 radical (unpaired) electrons. The third-order valence-electron chi connectivity index (χ3n) is 17.4. The van der Waals surface area contributed by atoms with Gasteiger partial charge in [-0.1, -0.05) is 77.1 Å². The number of likely N-dealkylation sites (tertiary alicyclic amines) is 1. The third-order valence-corrected chi connectivity index (χ3v) is 17.4. The summed E-state index contributed by atoms with van der Waals surface area (Å²) in [6.45, 7) is 21.6. The van der Waals surface area contributed by atoms with E-state index in [1.54, 1.807) is 0 Å². The molecule has 1 aromatic rings. The lowest BCUT2D eigenvalue weighted by molar-refractivity contribution is -0.219. The molecule has 0 spiro atoms. The lowest BCUT2D eigenvalue weighted by Gasteiger charge is -2.72. The molecule has 5 heteroatoms. The molecule has 6 fully saturated rings. The maximum atomic E-state index is 13.9. The normalized spacial score (nSPS) is 45.2. The van der Waals surface area contributed by atoms with Gasteiger partial charge in [0.05, 0.1) is 6.54 Å². The number of nitrogens with one attached hydrogen (secondary N) is 1. The molecule has 1 aliphatic heterocycles. The highest BCUT2D eigenvalue weighted by atomic mass is 16.5. The van der Waals surface area contributed by atoms with Gasteiger partial charge in [0.15, 0.2) is 6.29 Å². The van der Waals surface area contributed by atoms with Crippen molar-refractivity contribution >= 4 is 11.5 Å². The summed E-state index contributed by atoms with van der Waals surface area (Å²) in [6.07, 6.45) is 15.9. The van der Waals surface area contributed by atoms with Crippen molar-refractivity contribution in [3.63, 3.8) is 0 Å². The van der Waals surface area contributed by atoms with Crippen LogP contribution in [0.5, 0.6) is 0 Å². The molecule has 49 heavy (non-hydrogen) atoms. The predicted molar refractivity (Wildman–Crippen MR) is 197 cm³/mol. The minimum Gasteiger partial charge on any atom is -0.364 e. The molecule has 7 aliphatic rings. The second kappa shape index (κ2) is 11.5. The first-order valence-corrected chi connectivity index (χ1v) is 20.0. The highest BCUT2D eigenvalue weighted by Gasteiger charge is 2.70. The molecule has 268 valence electrons. The minimum absolute atomic E-state index is 0.0305. The van der Waals surface area contributed by atoms with Crippen LogP contribution in [0.3, 0.4) is 0 Å². The molecule has 1 heterocycles. The summed E-state index contributed by atoms with van der Waals surface area (Å²) in [6, 6.07) is 8.55. The average Bonchev–Trinajstić information content (AvgIpc) is 3.76. The molecule has 5 saturated carbocycles. The zero-order valence-electron chi connectivity index (χ0n) is 31.4. The average molecular weight is 669 g/mol. The van der Waals surface area contributed by atoms with Gasteiger partial charge in [-0.05, 0) is 152 Å². The van der Waals surface area contributed by atoms with E-state index in [1.165, 1.54) is 74.5 Å². The summed E-state index contributed by atoms with van der Waals surface area (Å²) in [5.74, 6) is 3.96. The van der Waals surface area contributed by atoms with Crippen molar-refractivity contribution in [2.24, 2.45) is 57.2 Å². The van der Waals surface area contributed by atoms with Crippen molar-refractivity contribution in [1.29, 1.82) is 0 Å². The van der Waals surface area contributed by atoms with Gasteiger partial charge in [-0.25, -0.2) is 0 Å². The number of piperidine rings is 1. The number of allylic oxidation sites excluding steroid dienone is 3. The summed E-state index contributed by atoms with van der Waals surface area (Å²) in [4.78, 5) is 16.4. The molecular formula is C44H64N2O3. The van der Waals surface area contributed by atoms with Gasteiger partial charge in [-0.15, -0.1) is 0 Å². The molecular weight excluding hydrogens is 604 g/mol. The van der Waals surface area contributed by atoms with Crippen LogP contribution >= 0.6 is 0 Å². The maximum absolute atomic E-state index is 13.9. The van der Waals surface area contributed by atoms with Crippen molar-refractivity contribution in [3.05, 3.63) is 53.6 Å². The second-order valence-corrected chi connectivity index (χ2v) is 19.7. The number of fused-ring (bicyclic) bond motifs is 9. The quantitative estimate of drug-likeness (QED) is 0.210. The Morgan fingerprint density at radius 3 is 2.33 bits per heavy atom. The number of carbonyl (C=O) groups is 1. The fourth-order valence-electron chi connectivity index (χ4n) is 15.0. The highest BCUT2D eigenvalue weighted by Crippen LogP contribution is 2.76. The van der Waals surface area contributed by atoms with Gasteiger partial charge in [-0.2, -0.15) is 0 Å². The smallest absolute Gasteiger partial charge is 0.234 e.